The Labute approximate surface area is 110 Å². The molecule has 1 aliphatic carbocycles. The second-order valence-electron chi connectivity index (χ2n) is 6.00. The minimum absolute atomic E-state index is 0.183. The smallest absolute Gasteiger partial charge is 0.244 e. The fraction of sp³-hybridized carbons (Fsp3) is 0.929. The van der Waals surface area contributed by atoms with Crippen LogP contribution < -0.4 is 5.32 Å². The molecule has 18 heavy (non-hydrogen) atoms. The number of rotatable bonds is 7. The number of nitrogens with one attached hydrogen (secondary N) is 1. The highest BCUT2D eigenvalue weighted by atomic mass is 16.5. The van der Waals surface area contributed by atoms with Gasteiger partial charge in [-0.1, -0.05) is 27.2 Å². The van der Waals surface area contributed by atoms with Crippen molar-refractivity contribution in [2.75, 3.05) is 19.8 Å². The Kier molecular flexibility index (Phi) is 4.28. The normalized spacial score (nSPS) is 25.4. The third-order valence-corrected chi connectivity index (χ3v) is 3.73. The minimum Gasteiger partial charge on any atom is -0.379 e. The monoisotopic (exact) mass is 254 g/mol. The van der Waals surface area contributed by atoms with Crippen LogP contribution in [0.4, 0.5) is 0 Å². The van der Waals surface area contributed by atoms with Gasteiger partial charge < -0.3 is 9.64 Å². The average molecular weight is 254 g/mol. The highest BCUT2D eigenvalue weighted by Crippen LogP contribution is 2.42. The van der Waals surface area contributed by atoms with Crippen LogP contribution in [0.25, 0.3) is 0 Å². The molecule has 2 aliphatic rings. The maximum atomic E-state index is 12.3. The molecule has 1 atom stereocenters. The quantitative estimate of drug-likeness (QED) is 0.704. The first kappa shape index (κ1) is 13.8. The lowest BCUT2D eigenvalue weighted by molar-refractivity contribution is -0.131. The van der Waals surface area contributed by atoms with Gasteiger partial charge in [-0.25, -0.2) is 0 Å². The lowest BCUT2D eigenvalue weighted by Crippen LogP contribution is -2.39. The summed E-state index contributed by atoms with van der Waals surface area (Å²) in [4.78, 5) is 14.3. The van der Waals surface area contributed by atoms with Gasteiger partial charge in [0.15, 0.2) is 0 Å². The number of hydrogen-bond donors (Lipinski definition) is 1. The molecule has 1 aliphatic heterocycles. The minimum atomic E-state index is -0.183. The number of ether oxygens (including phenoxy) is 1. The van der Waals surface area contributed by atoms with E-state index < -0.39 is 0 Å². The zero-order valence-electron chi connectivity index (χ0n) is 11.9. The summed E-state index contributed by atoms with van der Waals surface area (Å²) >= 11 is 0. The van der Waals surface area contributed by atoms with Crippen LogP contribution in [0.15, 0.2) is 0 Å². The summed E-state index contributed by atoms with van der Waals surface area (Å²) in [6.45, 7) is 8.60. The Morgan fingerprint density at radius 2 is 2.22 bits per heavy atom. The Bertz CT molecular complexity index is 300. The van der Waals surface area contributed by atoms with Crippen LogP contribution in [-0.4, -0.2) is 42.3 Å². The molecule has 104 valence electrons. The summed E-state index contributed by atoms with van der Waals surface area (Å²) in [5.41, 5.74) is -0.183. The SMILES string of the molecule is CCCC1NC2(CC2)C(=O)N1CCOCC(C)C. The Balaban J connectivity index is 1.82. The van der Waals surface area contributed by atoms with Gasteiger partial charge in [-0.05, 0) is 25.2 Å². The molecule has 1 spiro atoms. The molecule has 4 heteroatoms. The van der Waals surface area contributed by atoms with Crippen LogP contribution >= 0.6 is 0 Å². The molecule has 0 aromatic rings. The highest BCUT2D eigenvalue weighted by Gasteiger charge is 2.58. The van der Waals surface area contributed by atoms with Crippen LogP contribution in [0.2, 0.25) is 0 Å². The molecular weight excluding hydrogens is 228 g/mol. The van der Waals surface area contributed by atoms with E-state index in [-0.39, 0.29) is 11.7 Å². The lowest BCUT2D eigenvalue weighted by atomic mass is 10.2. The summed E-state index contributed by atoms with van der Waals surface area (Å²) in [7, 11) is 0. The predicted octanol–water partition coefficient (Wildman–Crippen LogP) is 1.75. The zero-order chi connectivity index (χ0) is 13.2. The van der Waals surface area contributed by atoms with Crippen molar-refractivity contribution in [1.29, 1.82) is 0 Å². The third-order valence-electron chi connectivity index (χ3n) is 3.73. The van der Waals surface area contributed by atoms with Crippen molar-refractivity contribution in [1.82, 2.24) is 10.2 Å². The van der Waals surface area contributed by atoms with Gasteiger partial charge in [0.25, 0.3) is 0 Å². The molecule has 1 amide bonds. The fourth-order valence-electron chi connectivity index (χ4n) is 2.60. The zero-order valence-corrected chi connectivity index (χ0v) is 11.9. The van der Waals surface area contributed by atoms with E-state index in [0.717, 1.165) is 38.8 Å². The van der Waals surface area contributed by atoms with Gasteiger partial charge >= 0.3 is 0 Å². The molecule has 2 fully saturated rings. The summed E-state index contributed by atoms with van der Waals surface area (Å²) in [6, 6.07) is 0. The molecule has 1 heterocycles. The molecule has 4 nitrogen and oxygen atoms in total. The van der Waals surface area contributed by atoms with Crippen molar-refractivity contribution in [3.63, 3.8) is 0 Å². The number of carbonyl (C=O) groups excluding carboxylic acids is 1. The van der Waals surface area contributed by atoms with Crippen LogP contribution in [-0.2, 0) is 9.53 Å². The molecular formula is C14H26N2O2. The van der Waals surface area contributed by atoms with Crippen molar-refractivity contribution in [3.05, 3.63) is 0 Å². The van der Waals surface area contributed by atoms with E-state index in [0.29, 0.717) is 18.4 Å². The van der Waals surface area contributed by atoms with Crippen molar-refractivity contribution < 1.29 is 9.53 Å². The number of carbonyl (C=O) groups is 1. The van der Waals surface area contributed by atoms with Crippen molar-refractivity contribution >= 4 is 5.91 Å². The highest BCUT2D eigenvalue weighted by molar-refractivity contribution is 5.91. The molecule has 1 saturated carbocycles. The van der Waals surface area contributed by atoms with E-state index in [4.69, 9.17) is 4.74 Å². The first-order chi connectivity index (χ1) is 8.59. The predicted molar refractivity (Wildman–Crippen MR) is 71.2 cm³/mol. The van der Waals surface area contributed by atoms with Gasteiger partial charge in [0.2, 0.25) is 5.91 Å². The van der Waals surface area contributed by atoms with E-state index in [1.807, 2.05) is 4.90 Å². The second-order valence-corrected chi connectivity index (χ2v) is 6.00. The van der Waals surface area contributed by atoms with E-state index in [2.05, 4.69) is 26.1 Å². The van der Waals surface area contributed by atoms with E-state index >= 15 is 0 Å². The topological polar surface area (TPSA) is 41.6 Å². The summed E-state index contributed by atoms with van der Waals surface area (Å²) in [5.74, 6) is 0.854. The number of amides is 1. The molecule has 0 aromatic carbocycles. The van der Waals surface area contributed by atoms with E-state index in [1.54, 1.807) is 0 Å². The third kappa shape index (κ3) is 2.86. The average Bonchev–Trinajstić information content (AvgIpc) is 3.03. The summed E-state index contributed by atoms with van der Waals surface area (Å²) < 4.78 is 5.60. The van der Waals surface area contributed by atoms with Gasteiger partial charge in [0, 0.05) is 13.2 Å². The number of nitrogens with zero attached hydrogens (tertiary/aromatic N) is 1. The molecule has 1 N–H and O–H groups in total. The molecule has 1 unspecified atom stereocenters. The van der Waals surface area contributed by atoms with Crippen LogP contribution in [0.3, 0.4) is 0 Å². The molecule has 0 radical (unpaired) electrons. The molecule has 0 aromatic heterocycles. The Morgan fingerprint density at radius 3 is 2.78 bits per heavy atom. The van der Waals surface area contributed by atoms with Crippen molar-refractivity contribution in [2.45, 2.75) is 58.2 Å². The molecule has 0 bridgehead atoms. The fourth-order valence-corrected chi connectivity index (χ4v) is 2.60. The van der Waals surface area contributed by atoms with Gasteiger partial charge in [-0.3, -0.25) is 10.1 Å². The first-order valence-corrected chi connectivity index (χ1v) is 7.25. The maximum Gasteiger partial charge on any atom is 0.244 e. The Hall–Kier alpha value is -0.610. The second kappa shape index (κ2) is 5.57. The van der Waals surface area contributed by atoms with Crippen LogP contribution in [0.5, 0.6) is 0 Å². The van der Waals surface area contributed by atoms with Crippen LogP contribution in [0.1, 0.15) is 46.5 Å². The lowest BCUT2D eigenvalue weighted by Gasteiger charge is -2.23. The van der Waals surface area contributed by atoms with Gasteiger partial charge in [0.05, 0.1) is 18.3 Å². The summed E-state index contributed by atoms with van der Waals surface area (Å²) in [6.07, 6.45) is 4.39. The van der Waals surface area contributed by atoms with Gasteiger partial charge in [-0.15, -0.1) is 0 Å². The van der Waals surface area contributed by atoms with Crippen LogP contribution in [0, 0.1) is 5.92 Å². The van der Waals surface area contributed by atoms with Crippen molar-refractivity contribution in [3.8, 4) is 0 Å². The largest absolute Gasteiger partial charge is 0.379 e. The summed E-state index contributed by atoms with van der Waals surface area (Å²) in [5, 5.41) is 3.51. The number of hydrogen-bond acceptors (Lipinski definition) is 3. The standard InChI is InChI=1S/C14H26N2O2/c1-4-5-12-15-14(6-7-14)13(17)16(12)8-9-18-10-11(2)3/h11-12,15H,4-10H2,1-3H3. The van der Waals surface area contributed by atoms with Gasteiger partial charge in [-0.2, -0.15) is 0 Å². The molecule has 1 saturated heterocycles. The van der Waals surface area contributed by atoms with Gasteiger partial charge in [0.1, 0.15) is 0 Å². The van der Waals surface area contributed by atoms with E-state index in [9.17, 15) is 4.79 Å². The maximum absolute atomic E-state index is 12.3. The Morgan fingerprint density at radius 1 is 1.50 bits per heavy atom. The van der Waals surface area contributed by atoms with Crippen molar-refractivity contribution in [2.24, 2.45) is 5.92 Å². The first-order valence-electron chi connectivity index (χ1n) is 7.25. The molecule has 2 rings (SSSR count). The van der Waals surface area contributed by atoms with E-state index in [1.165, 1.54) is 0 Å².